The number of benzene rings is 1. The van der Waals surface area contributed by atoms with Crippen LogP contribution in [0.15, 0.2) is 18.2 Å². The number of hydrogen-bond donors (Lipinski definition) is 1. The van der Waals surface area contributed by atoms with E-state index in [1.54, 1.807) is 0 Å². The Morgan fingerprint density at radius 2 is 2.00 bits per heavy atom. The van der Waals surface area contributed by atoms with Gasteiger partial charge in [-0.25, -0.2) is 0 Å². The highest BCUT2D eigenvalue weighted by Crippen LogP contribution is 2.33. The summed E-state index contributed by atoms with van der Waals surface area (Å²) in [5.41, 5.74) is 1.22. The van der Waals surface area contributed by atoms with Gasteiger partial charge in [-0.1, -0.05) is 23.2 Å². The molecule has 82 valence electrons. The lowest BCUT2D eigenvalue weighted by atomic mass is 9.92. The van der Waals surface area contributed by atoms with Crippen LogP contribution in [0.5, 0.6) is 0 Å². The van der Waals surface area contributed by atoms with E-state index in [4.69, 9.17) is 23.2 Å². The molecule has 15 heavy (non-hydrogen) atoms. The molecule has 2 rings (SSSR count). The second-order valence-electron chi connectivity index (χ2n) is 4.04. The highest BCUT2D eigenvalue weighted by atomic mass is 35.5. The molecule has 0 amide bonds. The molecule has 1 N–H and O–H groups in total. The molecule has 0 bridgehead atoms. The number of halogens is 2. The van der Waals surface area contributed by atoms with E-state index in [0.717, 1.165) is 29.6 Å². The Balaban J connectivity index is 2.22. The van der Waals surface area contributed by atoms with Crippen LogP contribution in [0.4, 0.5) is 0 Å². The molecular weight excluding hydrogens is 229 g/mol. The summed E-state index contributed by atoms with van der Waals surface area (Å²) in [5.74, 6) is 0.561. The lowest BCUT2D eigenvalue weighted by Crippen LogP contribution is -2.13. The maximum Gasteiger partial charge on any atom is 0.0441 e. The summed E-state index contributed by atoms with van der Waals surface area (Å²) in [5, 5.41) is 5.04. The van der Waals surface area contributed by atoms with Crippen molar-refractivity contribution in [1.82, 2.24) is 5.32 Å². The Morgan fingerprint density at radius 3 is 2.87 bits per heavy atom. The van der Waals surface area contributed by atoms with Crippen LogP contribution in [-0.2, 0) is 0 Å². The molecule has 1 heterocycles. The zero-order chi connectivity index (χ0) is 10.7. The molecule has 1 nitrogen and oxygen atoms in total. The number of nitrogens with one attached hydrogen (secondary N) is 1. The maximum atomic E-state index is 6.20. The van der Waals surface area contributed by atoms with Crippen LogP contribution in [0.1, 0.15) is 30.7 Å². The van der Waals surface area contributed by atoms with Crippen molar-refractivity contribution in [3.63, 3.8) is 0 Å². The van der Waals surface area contributed by atoms with Gasteiger partial charge in [-0.2, -0.15) is 0 Å². The molecule has 1 fully saturated rings. The van der Waals surface area contributed by atoms with E-state index >= 15 is 0 Å². The first-order chi connectivity index (χ1) is 7.27. The highest BCUT2D eigenvalue weighted by Gasteiger charge is 2.16. The Labute approximate surface area is 101 Å². The molecule has 0 radical (unpaired) electrons. The van der Waals surface area contributed by atoms with Crippen molar-refractivity contribution in [2.45, 2.75) is 25.2 Å². The predicted octanol–water partition coefficient (Wildman–Crippen LogP) is 3.85. The Kier molecular flexibility index (Phi) is 3.90. The van der Waals surface area contributed by atoms with Crippen LogP contribution < -0.4 is 5.32 Å². The van der Waals surface area contributed by atoms with E-state index in [2.05, 4.69) is 5.32 Å². The minimum absolute atomic E-state index is 0.561. The monoisotopic (exact) mass is 243 g/mol. The first kappa shape index (κ1) is 11.3. The largest absolute Gasteiger partial charge is 0.317 e. The van der Waals surface area contributed by atoms with Gasteiger partial charge in [-0.15, -0.1) is 0 Å². The molecule has 1 aromatic carbocycles. The SMILES string of the molecule is Clc1ccc(Cl)c(C2CCCNCC2)c1. The minimum Gasteiger partial charge on any atom is -0.317 e. The third kappa shape index (κ3) is 2.87. The highest BCUT2D eigenvalue weighted by molar-refractivity contribution is 6.33. The fourth-order valence-electron chi connectivity index (χ4n) is 2.16. The second-order valence-corrected chi connectivity index (χ2v) is 4.89. The fourth-order valence-corrected chi connectivity index (χ4v) is 2.61. The van der Waals surface area contributed by atoms with Gasteiger partial charge in [0.15, 0.2) is 0 Å². The summed E-state index contributed by atoms with van der Waals surface area (Å²) in [6.45, 7) is 2.20. The molecule has 3 heteroatoms. The molecule has 1 aliphatic heterocycles. The average Bonchev–Trinajstić information content (AvgIpc) is 2.50. The van der Waals surface area contributed by atoms with Gasteiger partial charge < -0.3 is 5.32 Å². The first-order valence-electron chi connectivity index (χ1n) is 5.43. The molecule has 0 aromatic heterocycles. The Bertz CT molecular complexity index is 330. The number of hydrogen-bond acceptors (Lipinski definition) is 1. The summed E-state index contributed by atoms with van der Waals surface area (Å²) >= 11 is 12.2. The molecule has 0 saturated carbocycles. The van der Waals surface area contributed by atoms with Gasteiger partial charge in [0.25, 0.3) is 0 Å². The van der Waals surface area contributed by atoms with Crippen molar-refractivity contribution >= 4 is 23.2 Å². The molecule has 0 aliphatic carbocycles. The molecule has 1 aromatic rings. The summed E-state index contributed by atoms with van der Waals surface area (Å²) in [6, 6.07) is 5.76. The number of rotatable bonds is 1. The summed E-state index contributed by atoms with van der Waals surface area (Å²) in [4.78, 5) is 0. The van der Waals surface area contributed by atoms with E-state index in [-0.39, 0.29) is 0 Å². The average molecular weight is 244 g/mol. The summed E-state index contributed by atoms with van der Waals surface area (Å²) in [7, 11) is 0. The van der Waals surface area contributed by atoms with Gasteiger partial charge in [0, 0.05) is 10.0 Å². The van der Waals surface area contributed by atoms with Crippen molar-refractivity contribution in [3.05, 3.63) is 33.8 Å². The maximum absolute atomic E-state index is 6.20. The van der Waals surface area contributed by atoms with Crippen LogP contribution in [0.3, 0.4) is 0 Å². The van der Waals surface area contributed by atoms with Crippen LogP contribution in [-0.4, -0.2) is 13.1 Å². The fraction of sp³-hybridized carbons (Fsp3) is 0.500. The van der Waals surface area contributed by atoms with E-state index in [9.17, 15) is 0 Å². The van der Waals surface area contributed by atoms with Crippen LogP contribution in [0.2, 0.25) is 10.0 Å². The van der Waals surface area contributed by atoms with Crippen molar-refractivity contribution in [2.75, 3.05) is 13.1 Å². The van der Waals surface area contributed by atoms with E-state index in [1.807, 2.05) is 18.2 Å². The van der Waals surface area contributed by atoms with Crippen molar-refractivity contribution in [2.24, 2.45) is 0 Å². The third-order valence-electron chi connectivity index (χ3n) is 2.97. The van der Waals surface area contributed by atoms with Crippen molar-refractivity contribution < 1.29 is 0 Å². The Hall–Kier alpha value is -0.240. The molecule has 1 saturated heterocycles. The quantitative estimate of drug-likeness (QED) is 0.791. The zero-order valence-electron chi connectivity index (χ0n) is 8.60. The molecule has 1 aliphatic rings. The molecule has 1 unspecified atom stereocenters. The molecule has 0 spiro atoms. The van der Waals surface area contributed by atoms with Gasteiger partial charge in [-0.3, -0.25) is 0 Å². The van der Waals surface area contributed by atoms with Gasteiger partial charge in [0.1, 0.15) is 0 Å². The van der Waals surface area contributed by atoms with E-state index in [0.29, 0.717) is 5.92 Å². The predicted molar refractivity (Wildman–Crippen MR) is 65.9 cm³/mol. The Morgan fingerprint density at radius 1 is 1.13 bits per heavy atom. The van der Waals surface area contributed by atoms with Crippen LogP contribution in [0, 0.1) is 0 Å². The lowest BCUT2D eigenvalue weighted by molar-refractivity contribution is 0.610. The van der Waals surface area contributed by atoms with Gasteiger partial charge >= 0.3 is 0 Å². The van der Waals surface area contributed by atoms with Crippen molar-refractivity contribution in [1.29, 1.82) is 0 Å². The van der Waals surface area contributed by atoms with Crippen LogP contribution in [0.25, 0.3) is 0 Å². The normalized spacial score (nSPS) is 22.4. The smallest absolute Gasteiger partial charge is 0.0441 e. The van der Waals surface area contributed by atoms with Gasteiger partial charge in [0.2, 0.25) is 0 Å². The second kappa shape index (κ2) is 5.20. The first-order valence-corrected chi connectivity index (χ1v) is 6.18. The summed E-state index contributed by atoms with van der Waals surface area (Å²) in [6.07, 6.45) is 3.57. The van der Waals surface area contributed by atoms with Gasteiger partial charge in [-0.05, 0) is 62.0 Å². The third-order valence-corrected chi connectivity index (χ3v) is 3.55. The lowest BCUT2D eigenvalue weighted by Gasteiger charge is -2.15. The molecular formula is C12H15Cl2N. The van der Waals surface area contributed by atoms with Gasteiger partial charge in [0.05, 0.1) is 0 Å². The van der Waals surface area contributed by atoms with Crippen molar-refractivity contribution in [3.8, 4) is 0 Å². The summed E-state index contributed by atoms with van der Waals surface area (Å²) < 4.78 is 0. The topological polar surface area (TPSA) is 12.0 Å². The molecule has 1 atom stereocenters. The standard InChI is InChI=1S/C12H15Cl2N/c13-10-3-4-12(14)11(8-10)9-2-1-6-15-7-5-9/h3-4,8-9,15H,1-2,5-7H2. The van der Waals surface area contributed by atoms with E-state index < -0.39 is 0 Å². The zero-order valence-corrected chi connectivity index (χ0v) is 10.1. The van der Waals surface area contributed by atoms with E-state index in [1.165, 1.54) is 18.4 Å². The van der Waals surface area contributed by atoms with Crippen LogP contribution >= 0.6 is 23.2 Å². The minimum atomic E-state index is 0.561.